The maximum absolute atomic E-state index is 11.8. The van der Waals surface area contributed by atoms with Gasteiger partial charge >= 0.3 is 5.97 Å². The van der Waals surface area contributed by atoms with Crippen molar-refractivity contribution in [2.75, 3.05) is 13.2 Å². The second kappa shape index (κ2) is 14.6. The van der Waals surface area contributed by atoms with Crippen LogP contribution in [0.1, 0.15) is 58.9 Å². The van der Waals surface area contributed by atoms with Crippen molar-refractivity contribution in [3.8, 4) is 0 Å². The Kier molecular flexibility index (Phi) is 13.7. The molecule has 1 rings (SSSR count). The maximum atomic E-state index is 11.8. The van der Waals surface area contributed by atoms with Gasteiger partial charge in [-0.05, 0) is 32.3 Å². The average Bonchev–Trinajstić information content (AvgIpc) is 2.56. The summed E-state index contributed by atoms with van der Waals surface area (Å²) >= 11 is 0. The Morgan fingerprint density at radius 3 is 2.14 bits per heavy atom. The van der Waals surface area contributed by atoms with Gasteiger partial charge in [0.2, 0.25) is 0 Å². The summed E-state index contributed by atoms with van der Waals surface area (Å²) in [6.45, 7) is 10.2. The summed E-state index contributed by atoms with van der Waals surface area (Å²) in [5.41, 5.74) is 1.05. The van der Waals surface area contributed by atoms with Crippen molar-refractivity contribution in [1.29, 1.82) is 0 Å². The van der Waals surface area contributed by atoms with Crippen molar-refractivity contribution in [2.45, 2.75) is 60.0 Å². The van der Waals surface area contributed by atoms with E-state index in [2.05, 4.69) is 6.92 Å². The first-order chi connectivity index (χ1) is 10.7. The van der Waals surface area contributed by atoms with Crippen LogP contribution in [0, 0.1) is 5.92 Å². The van der Waals surface area contributed by atoms with Crippen molar-refractivity contribution < 1.29 is 14.3 Å². The van der Waals surface area contributed by atoms with E-state index in [1.54, 1.807) is 0 Å². The van der Waals surface area contributed by atoms with E-state index in [0.717, 1.165) is 44.5 Å². The second-order valence-electron chi connectivity index (χ2n) is 5.12. The number of carbonyl (C=O) groups is 1. The highest BCUT2D eigenvalue weighted by Crippen LogP contribution is 2.15. The van der Waals surface area contributed by atoms with E-state index in [-0.39, 0.29) is 11.9 Å². The molecule has 126 valence electrons. The fourth-order valence-corrected chi connectivity index (χ4v) is 1.99. The third kappa shape index (κ3) is 10.4. The fourth-order valence-electron chi connectivity index (χ4n) is 1.99. The van der Waals surface area contributed by atoms with Crippen molar-refractivity contribution in [3.63, 3.8) is 0 Å². The summed E-state index contributed by atoms with van der Waals surface area (Å²) < 4.78 is 10.2. The van der Waals surface area contributed by atoms with Gasteiger partial charge in [-0.3, -0.25) is 4.79 Å². The van der Waals surface area contributed by atoms with E-state index in [9.17, 15) is 4.79 Å². The Morgan fingerprint density at radius 1 is 1.05 bits per heavy atom. The van der Waals surface area contributed by atoms with Crippen molar-refractivity contribution >= 4 is 5.97 Å². The van der Waals surface area contributed by atoms with E-state index in [1.165, 1.54) is 0 Å². The van der Waals surface area contributed by atoms with Crippen LogP contribution in [0.3, 0.4) is 0 Å². The highest BCUT2D eigenvalue weighted by molar-refractivity contribution is 5.72. The smallest absolute Gasteiger partial charge is 0.309 e. The van der Waals surface area contributed by atoms with Gasteiger partial charge in [0.05, 0.1) is 5.92 Å². The summed E-state index contributed by atoms with van der Waals surface area (Å²) in [6.07, 6.45) is 4.04. The molecule has 1 aromatic carbocycles. The molecule has 0 aromatic heterocycles. The number of hydrogen-bond donors (Lipinski definition) is 0. The molecule has 0 spiro atoms. The van der Waals surface area contributed by atoms with Gasteiger partial charge in [0.15, 0.2) is 0 Å². The lowest BCUT2D eigenvalue weighted by Gasteiger charge is -2.13. The fraction of sp³-hybridized carbons (Fsp3) is 0.632. The number of rotatable bonds is 9. The van der Waals surface area contributed by atoms with Crippen LogP contribution in [-0.2, 0) is 20.9 Å². The Hall–Kier alpha value is -1.35. The molecule has 0 amide bonds. The number of carbonyl (C=O) groups excluding carboxylic acids is 1. The normalized spacial score (nSPS) is 11.3. The molecule has 0 bridgehead atoms. The molecule has 0 aliphatic heterocycles. The van der Waals surface area contributed by atoms with Crippen LogP contribution >= 0.6 is 0 Å². The van der Waals surface area contributed by atoms with Gasteiger partial charge < -0.3 is 9.47 Å². The highest BCUT2D eigenvalue weighted by atomic mass is 16.5. The molecule has 0 saturated heterocycles. The average molecular weight is 308 g/mol. The van der Waals surface area contributed by atoms with Gasteiger partial charge in [0, 0.05) is 13.2 Å². The lowest BCUT2D eigenvalue weighted by atomic mass is 10.00. The minimum absolute atomic E-state index is 0.0511. The first kappa shape index (κ1) is 20.6. The highest BCUT2D eigenvalue weighted by Gasteiger charge is 2.17. The van der Waals surface area contributed by atoms with Gasteiger partial charge in [-0.2, -0.15) is 0 Å². The molecule has 3 heteroatoms. The van der Waals surface area contributed by atoms with Crippen LogP contribution < -0.4 is 0 Å². The quantitative estimate of drug-likeness (QED) is 0.603. The zero-order chi connectivity index (χ0) is 16.6. The van der Waals surface area contributed by atoms with Crippen LogP contribution in [0.5, 0.6) is 0 Å². The lowest BCUT2D eigenvalue weighted by Crippen LogP contribution is -2.17. The van der Waals surface area contributed by atoms with Crippen LogP contribution in [0.4, 0.5) is 0 Å². The SMILES string of the molecule is CCCCC(CC)C(=O)OCc1ccccc1.CCOCC. The third-order valence-corrected chi connectivity index (χ3v) is 3.36. The third-order valence-electron chi connectivity index (χ3n) is 3.36. The van der Waals surface area contributed by atoms with Gasteiger partial charge in [-0.1, -0.05) is 57.0 Å². The summed E-state index contributed by atoms with van der Waals surface area (Å²) in [7, 11) is 0. The van der Waals surface area contributed by atoms with Crippen molar-refractivity contribution in [3.05, 3.63) is 35.9 Å². The van der Waals surface area contributed by atoms with Crippen LogP contribution in [0.2, 0.25) is 0 Å². The molecule has 1 atom stereocenters. The van der Waals surface area contributed by atoms with E-state index < -0.39 is 0 Å². The molecule has 0 aliphatic carbocycles. The number of ether oxygens (including phenoxy) is 2. The van der Waals surface area contributed by atoms with Gasteiger partial charge in [0.25, 0.3) is 0 Å². The molecule has 0 aliphatic rings. The molecule has 0 fully saturated rings. The van der Waals surface area contributed by atoms with E-state index >= 15 is 0 Å². The van der Waals surface area contributed by atoms with E-state index in [1.807, 2.05) is 51.1 Å². The Labute approximate surface area is 136 Å². The first-order valence-electron chi connectivity index (χ1n) is 8.47. The topological polar surface area (TPSA) is 35.5 Å². The predicted octanol–water partition coefficient (Wildman–Crippen LogP) is 4.99. The van der Waals surface area contributed by atoms with Crippen LogP contribution in [0.25, 0.3) is 0 Å². The lowest BCUT2D eigenvalue weighted by molar-refractivity contribution is -0.150. The Balaban J connectivity index is 0.000000763. The minimum Gasteiger partial charge on any atom is -0.461 e. The maximum Gasteiger partial charge on any atom is 0.309 e. The monoisotopic (exact) mass is 308 g/mol. The molecule has 3 nitrogen and oxygen atoms in total. The van der Waals surface area contributed by atoms with Gasteiger partial charge in [-0.25, -0.2) is 0 Å². The summed E-state index contributed by atoms with van der Waals surface area (Å²) in [5.74, 6) is 0.0171. The summed E-state index contributed by atoms with van der Waals surface area (Å²) in [5, 5.41) is 0. The summed E-state index contributed by atoms with van der Waals surface area (Å²) in [6, 6.07) is 9.82. The van der Waals surface area contributed by atoms with E-state index in [4.69, 9.17) is 9.47 Å². The van der Waals surface area contributed by atoms with Crippen LogP contribution in [0.15, 0.2) is 30.3 Å². The molecule has 0 heterocycles. The number of hydrogen-bond acceptors (Lipinski definition) is 3. The summed E-state index contributed by atoms with van der Waals surface area (Å²) in [4.78, 5) is 11.8. The first-order valence-corrected chi connectivity index (χ1v) is 8.47. The Morgan fingerprint density at radius 2 is 1.68 bits per heavy atom. The zero-order valence-electron chi connectivity index (χ0n) is 14.6. The van der Waals surface area contributed by atoms with Gasteiger partial charge in [0.1, 0.15) is 6.61 Å². The number of benzene rings is 1. The largest absolute Gasteiger partial charge is 0.461 e. The second-order valence-corrected chi connectivity index (χ2v) is 5.12. The molecular weight excluding hydrogens is 276 g/mol. The molecule has 0 saturated carbocycles. The predicted molar refractivity (Wildman–Crippen MR) is 91.7 cm³/mol. The van der Waals surface area contributed by atoms with Crippen molar-refractivity contribution in [1.82, 2.24) is 0 Å². The van der Waals surface area contributed by atoms with Gasteiger partial charge in [-0.15, -0.1) is 0 Å². The molecular formula is C19H32O3. The Bertz CT molecular complexity index is 360. The molecule has 1 unspecified atom stereocenters. The van der Waals surface area contributed by atoms with E-state index in [0.29, 0.717) is 6.61 Å². The molecule has 1 aromatic rings. The standard InChI is InChI=1S/C15H22O2.C4H10O/c1-3-5-11-14(4-2)15(16)17-12-13-9-7-6-8-10-13;1-3-5-4-2/h6-10,14H,3-5,11-12H2,1-2H3;3-4H2,1-2H3. The molecule has 0 radical (unpaired) electrons. The zero-order valence-corrected chi connectivity index (χ0v) is 14.6. The van der Waals surface area contributed by atoms with Crippen LogP contribution in [-0.4, -0.2) is 19.2 Å². The van der Waals surface area contributed by atoms with Crippen molar-refractivity contribution in [2.24, 2.45) is 5.92 Å². The number of unbranched alkanes of at least 4 members (excludes halogenated alkanes) is 1. The molecule has 22 heavy (non-hydrogen) atoms. The minimum atomic E-state index is -0.0511. The number of esters is 1. The molecule has 0 N–H and O–H groups in total.